The van der Waals surface area contributed by atoms with Gasteiger partial charge in [0.25, 0.3) is 5.56 Å². The van der Waals surface area contributed by atoms with E-state index in [0.717, 1.165) is 24.8 Å². The summed E-state index contributed by atoms with van der Waals surface area (Å²) < 4.78 is 17.4. The Morgan fingerprint density at radius 1 is 1.29 bits per heavy atom. The molecule has 0 amide bonds. The first-order valence-corrected chi connectivity index (χ1v) is 8.44. The number of halogens is 2. The van der Waals surface area contributed by atoms with Crippen LogP contribution in [-0.2, 0) is 6.54 Å². The summed E-state index contributed by atoms with van der Waals surface area (Å²) in [7, 11) is 0. The molecule has 0 aliphatic heterocycles. The monoisotopic (exact) mass is 347 g/mol. The molecule has 0 atom stereocenters. The highest BCUT2D eigenvalue weighted by atomic mass is 35.5. The minimum Gasteiger partial charge on any atom is -0.312 e. The quantitative estimate of drug-likeness (QED) is 0.639. The Bertz CT molecular complexity index is 945. The Labute approximate surface area is 144 Å². The van der Waals surface area contributed by atoms with Crippen LogP contribution in [0, 0.1) is 12.7 Å². The lowest BCUT2D eigenvalue weighted by atomic mass is 10.2. The summed E-state index contributed by atoms with van der Waals surface area (Å²) in [4.78, 5) is 16.8. The van der Waals surface area contributed by atoms with Crippen LogP contribution in [0.25, 0.3) is 17.0 Å². The molecule has 0 aliphatic rings. The molecule has 0 bridgehead atoms. The maximum absolute atomic E-state index is 14.3. The van der Waals surface area contributed by atoms with Gasteiger partial charge in [-0.15, -0.1) is 0 Å². The van der Waals surface area contributed by atoms with E-state index in [4.69, 9.17) is 11.6 Å². The third kappa shape index (κ3) is 2.96. The van der Waals surface area contributed by atoms with Crippen LogP contribution in [0.1, 0.15) is 31.9 Å². The van der Waals surface area contributed by atoms with Gasteiger partial charge in [0, 0.05) is 23.3 Å². The van der Waals surface area contributed by atoms with E-state index < -0.39 is 11.4 Å². The molecule has 2 heterocycles. The normalized spacial score (nSPS) is 11.3. The van der Waals surface area contributed by atoms with E-state index in [-0.39, 0.29) is 0 Å². The highest BCUT2D eigenvalue weighted by Gasteiger charge is 2.17. The van der Waals surface area contributed by atoms with Crippen molar-refractivity contribution in [1.29, 1.82) is 0 Å². The van der Waals surface area contributed by atoms with Crippen molar-refractivity contribution in [3.63, 3.8) is 0 Å². The molecule has 0 saturated heterocycles. The predicted molar refractivity (Wildman–Crippen MR) is 94.1 cm³/mol. The zero-order valence-corrected chi connectivity index (χ0v) is 14.5. The van der Waals surface area contributed by atoms with Gasteiger partial charge in [0.1, 0.15) is 0 Å². The Hall–Kier alpha value is -2.14. The van der Waals surface area contributed by atoms with Crippen molar-refractivity contribution >= 4 is 17.4 Å². The van der Waals surface area contributed by atoms with Crippen molar-refractivity contribution in [1.82, 2.24) is 14.0 Å². The van der Waals surface area contributed by atoms with Crippen LogP contribution in [0.5, 0.6) is 0 Å². The first kappa shape index (κ1) is 16.7. The lowest BCUT2D eigenvalue weighted by Crippen LogP contribution is -2.24. The number of aryl methyl sites for hydroxylation is 1. The van der Waals surface area contributed by atoms with Crippen LogP contribution < -0.4 is 5.56 Å². The molecule has 3 aromatic rings. The third-order valence-electron chi connectivity index (χ3n) is 4.16. The number of benzene rings is 1. The van der Waals surface area contributed by atoms with Gasteiger partial charge in [-0.1, -0.05) is 43.5 Å². The molecule has 0 fully saturated rings. The molecule has 4 nitrogen and oxygen atoms in total. The van der Waals surface area contributed by atoms with Gasteiger partial charge in [0.2, 0.25) is 11.6 Å². The number of hydrogen-bond donors (Lipinski definition) is 0. The fraction of sp³-hybridized carbons (Fsp3) is 0.333. The molecule has 0 spiro atoms. The minimum absolute atomic E-state index is 0.326. The number of rotatable bonds is 5. The number of nitrogens with zero attached hydrogens (tertiary/aromatic N) is 3. The van der Waals surface area contributed by atoms with Crippen LogP contribution >= 0.6 is 11.6 Å². The van der Waals surface area contributed by atoms with E-state index in [1.807, 2.05) is 12.1 Å². The number of unbranched alkanes of at least 4 members (excludes halogenated alkanes) is 2. The summed E-state index contributed by atoms with van der Waals surface area (Å²) in [5, 5.41) is 0.588. The number of fused-ring (bicyclic) bond motifs is 1. The number of imidazole rings is 1. The van der Waals surface area contributed by atoms with Gasteiger partial charge in [-0.3, -0.25) is 4.79 Å². The van der Waals surface area contributed by atoms with Gasteiger partial charge in [0.05, 0.1) is 11.4 Å². The summed E-state index contributed by atoms with van der Waals surface area (Å²) in [5.74, 6) is -0.265. The zero-order chi connectivity index (χ0) is 17.3. The number of aromatic nitrogens is 3. The summed E-state index contributed by atoms with van der Waals surface area (Å²) >= 11 is 6.03. The fourth-order valence-corrected chi connectivity index (χ4v) is 3.00. The highest BCUT2D eigenvalue weighted by Crippen LogP contribution is 2.22. The first-order valence-electron chi connectivity index (χ1n) is 8.07. The topological polar surface area (TPSA) is 39.3 Å². The molecular formula is C18H19ClFN3O. The maximum Gasteiger partial charge on any atom is 0.295 e. The Balaban J connectivity index is 2.18. The smallest absolute Gasteiger partial charge is 0.295 e. The van der Waals surface area contributed by atoms with E-state index >= 15 is 0 Å². The molecule has 2 aromatic heterocycles. The summed E-state index contributed by atoms with van der Waals surface area (Å²) in [6, 6.07) is 7.23. The zero-order valence-electron chi connectivity index (χ0n) is 13.7. The van der Waals surface area contributed by atoms with Crippen molar-refractivity contribution < 1.29 is 4.39 Å². The molecule has 0 radical (unpaired) electrons. The van der Waals surface area contributed by atoms with Crippen LogP contribution in [0.2, 0.25) is 5.02 Å². The van der Waals surface area contributed by atoms with Gasteiger partial charge in [-0.25, -0.2) is 9.38 Å². The van der Waals surface area contributed by atoms with Crippen LogP contribution in [0.3, 0.4) is 0 Å². The molecule has 24 heavy (non-hydrogen) atoms. The average Bonchev–Trinajstić information content (AvgIpc) is 3.01. The summed E-state index contributed by atoms with van der Waals surface area (Å²) in [6.45, 7) is 4.37. The molecule has 126 valence electrons. The summed E-state index contributed by atoms with van der Waals surface area (Å²) in [6.07, 6.45) is 4.60. The maximum atomic E-state index is 14.3. The van der Waals surface area contributed by atoms with Crippen molar-refractivity contribution in [3.8, 4) is 11.3 Å². The van der Waals surface area contributed by atoms with Crippen molar-refractivity contribution in [2.45, 2.75) is 39.7 Å². The van der Waals surface area contributed by atoms with Gasteiger partial charge in [0.15, 0.2) is 0 Å². The Kier molecular flexibility index (Phi) is 4.71. The van der Waals surface area contributed by atoms with Gasteiger partial charge in [-0.2, -0.15) is 4.39 Å². The average molecular weight is 348 g/mol. The minimum atomic E-state index is -0.728. The lowest BCUT2D eigenvalue weighted by molar-refractivity contribution is 0.529. The van der Waals surface area contributed by atoms with Crippen molar-refractivity contribution in [2.24, 2.45) is 0 Å². The molecule has 3 rings (SSSR count). The van der Waals surface area contributed by atoms with Crippen molar-refractivity contribution in [3.05, 3.63) is 57.3 Å². The second kappa shape index (κ2) is 6.77. The van der Waals surface area contributed by atoms with Crippen LogP contribution in [-0.4, -0.2) is 14.0 Å². The van der Waals surface area contributed by atoms with E-state index in [1.165, 1.54) is 4.40 Å². The summed E-state index contributed by atoms with van der Waals surface area (Å²) in [5.41, 5.74) is 1.05. The third-order valence-corrected chi connectivity index (χ3v) is 4.40. The van der Waals surface area contributed by atoms with Crippen LogP contribution in [0.15, 0.2) is 35.3 Å². The van der Waals surface area contributed by atoms with Crippen molar-refractivity contribution in [2.75, 3.05) is 0 Å². The van der Waals surface area contributed by atoms with Gasteiger partial charge in [-0.05, 0) is 25.5 Å². The van der Waals surface area contributed by atoms with E-state index in [1.54, 1.807) is 29.8 Å². The van der Waals surface area contributed by atoms with Crippen LogP contribution in [0.4, 0.5) is 4.39 Å². The molecule has 0 saturated carbocycles. The largest absolute Gasteiger partial charge is 0.312 e. The first-order chi connectivity index (χ1) is 11.5. The molecule has 1 aromatic carbocycles. The number of hydrogen-bond acceptors (Lipinski definition) is 2. The van der Waals surface area contributed by atoms with E-state index in [2.05, 4.69) is 11.9 Å². The molecule has 6 heteroatoms. The Morgan fingerprint density at radius 2 is 2.08 bits per heavy atom. The molecule has 0 aliphatic carbocycles. The molecular weight excluding hydrogens is 329 g/mol. The predicted octanol–water partition coefficient (Wildman–Crippen LogP) is 4.45. The highest BCUT2D eigenvalue weighted by molar-refractivity contribution is 6.30. The second-order valence-corrected chi connectivity index (χ2v) is 6.31. The van der Waals surface area contributed by atoms with Gasteiger partial charge < -0.3 is 4.57 Å². The van der Waals surface area contributed by atoms with Gasteiger partial charge >= 0.3 is 0 Å². The molecule has 0 N–H and O–H groups in total. The van der Waals surface area contributed by atoms with E-state index in [9.17, 15) is 9.18 Å². The fourth-order valence-electron chi connectivity index (χ4n) is 2.81. The standard InChI is InChI=1S/C18H19ClFN3O/c1-3-4-5-9-22-12(2)16(20)17(24)23-11-15(21-18(22)23)13-7-6-8-14(19)10-13/h6-8,10-11H,3-5,9H2,1-2H3. The van der Waals surface area contributed by atoms with E-state index in [0.29, 0.717) is 28.7 Å². The second-order valence-electron chi connectivity index (χ2n) is 5.87. The SMILES string of the molecule is CCCCCn1c(C)c(F)c(=O)n2cc(-c3cccc(Cl)c3)nc12. The molecule has 0 unspecified atom stereocenters. The lowest BCUT2D eigenvalue weighted by Gasteiger charge is -2.12. The Morgan fingerprint density at radius 3 is 2.79 bits per heavy atom.